The molecule has 0 atom stereocenters. The molecule has 124 valence electrons. The fraction of sp³-hybridized carbons (Fsp3) is 0.235. The van der Waals surface area contributed by atoms with E-state index >= 15 is 0 Å². The number of aromatic nitrogens is 2. The van der Waals surface area contributed by atoms with Gasteiger partial charge in [-0.2, -0.15) is 4.37 Å². The Hall–Kier alpha value is -1.99. The summed E-state index contributed by atoms with van der Waals surface area (Å²) in [5.74, 6) is -0.812. The molecule has 2 heterocycles. The molecule has 0 spiro atoms. The minimum absolute atomic E-state index is 0.0891. The molecule has 0 fully saturated rings. The molecule has 5 nitrogen and oxygen atoms in total. The second kappa shape index (κ2) is 7.27. The smallest absolute Gasteiger partial charge is 0.360 e. The van der Waals surface area contributed by atoms with Crippen LogP contribution in [0.4, 0.5) is 0 Å². The number of aromatic hydroxyl groups is 1. The number of ether oxygens (including phenoxy) is 1. The van der Waals surface area contributed by atoms with Crippen molar-refractivity contribution in [3.05, 3.63) is 40.6 Å². The minimum atomic E-state index is -0.627. The van der Waals surface area contributed by atoms with Crippen LogP contribution in [0.3, 0.4) is 0 Å². The zero-order valence-corrected chi connectivity index (χ0v) is 15.4. The van der Waals surface area contributed by atoms with Crippen LogP contribution in [-0.2, 0) is 4.74 Å². The van der Waals surface area contributed by atoms with Crippen molar-refractivity contribution in [2.75, 3.05) is 6.61 Å². The van der Waals surface area contributed by atoms with E-state index in [-0.39, 0.29) is 11.4 Å². The van der Waals surface area contributed by atoms with Crippen molar-refractivity contribution in [3.63, 3.8) is 0 Å². The van der Waals surface area contributed by atoms with Crippen LogP contribution >= 0.6 is 27.5 Å². The lowest BCUT2D eigenvalue weighted by Crippen LogP contribution is -2.09. The molecular formula is C17H15BrN2O3S. The lowest BCUT2D eigenvalue weighted by Gasteiger charge is -2.07. The number of fused-ring (bicyclic) bond motifs is 1. The molecule has 1 aromatic carbocycles. The molecule has 3 aromatic rings. The highest BCUT2D eigenvalue weighted by atomic mass is 79.9. The molecule has 1 N–H and O–H groups in total. The van der Waals surface area contributed by atoms with E-state index < -0.39 is 5.97 Å². The maximum atomic E-state index is 12.1. The Morgan fingerprint density at radius 3 is 2.79 bits per heavy atom. The van der Waals surface area contributed by atoms with Crippen molar-refractivity contribution in [1.29, 1.82) is 0 Å². The van der Waals surface area contributed by atoms with Crippen LogP contribution in [0.25, 0.3) is 21.3 Å². The number of rotatable bonds is 5. The SMILES string of the molecule is CCCCOC(=O)c1nc(Br)c2c(-c3ccccc3)nsc2c1O. The maximum Gasteiger partial charge on any atom is 0.360 e. The van der Waals surface area contributed by atoms with Gasteiger partial charge in [-0.05, 0) is 33.9 Å². The van der Waals surface area contributed by atoms with Gasteiger partial charge in [-0.1, -0.05) is 43.7 Å². The van der Waals surface area contributed by atoms with Crippen LogP contribution < -0.4 is 0 Å². The summed E-state index contributed by atoms with van der Waals surface area (Å²) < 4.78 is 10.5. The van der Waals surface area contributed by atoms with Gasteiger partial charge in [-0.25, -0.2) is 9.78 Å². The monoisotopic (exact) mass is 406 g/mol. The lowest BCUT2D eigenvalue weighted by molar-refractivity contribution is 0.0489. The van der Waals surface area contributed by atoms with E-state index in [9.17, 15) is 9.90 Å². The van der Waals surface area contributed by atoms with E-state index in [0.29, 0.717) is 21.3 Å². The van der Waals surface area contributed by atoms with E-state index in [1.807, 2.05) is 37.3 Å². The van der Waals surface area contributed by atoms with E-state index in [2.05, 4.69) is 25.3 Å². The van der Waals surface area contributed by atoms with Gasteiger partial charge in [-0.15, -0.1) is 0 Å². The molecule has 24 heavy (non-hydrogen) atoms. The van der Waals surface area contributed by atoms with Gasteiger partial charge in [0.15, 0.2) is 11.4 Å². The topological polar surface area (TPSA) is 72.3 Å². The number of carbonyl (C=O) groups excluding carboxylic acids is 1. The number of nitrogens with zero attached hydrogens (tertiary/aromatic N) is 2. The van der Waals surface area contributed by atoms with Gasteiger partial charge in [0.05, 0.1) is 17.7 Å². The first-order chi connectivity index (χ1) is 11.6. The van der Waals surface area contributed by atoms with Crippen LogP contribution in [0.2, 0.25) is 0 Å². The molecule has 0 aliphatic carbocycles. The summed E-state index contributed by atoms with van der Waals surface area (Å²) in [5.41, 5.74) is 1.55. The lowest BCUT2D eigenvalue weighted by atomic mass is 10.1. The Morgan fingerprint density at radius 1 is 1.33 bits per heavy atom. The number of hydrogen-bond acceptors (Lipinski definition) is 6. The second-order valence-corrected chi connectivity index (χ2v) is 6.72. The molecule has 0 radical (unpaired) electrons. The van der Waals surface area contributed by atoms with Gasteiger partial charge in [0.25, 0.3) is 0 Å². The molecular weight excluding hydrogens is 392 g/mol. The first-order valence-corrected chi connectivity index (χ1v) is 9.10. The summed E-state index contributed by atoms with van der Waals surface area (Å²) in [6.45, 7) is 2.32. The van der Waals surface area contributed by atoms with Gasteiger partial charge in [0.2, 0.25) is 0 Å². The summed E-state index contributed by atoms with van der Waals surface area (Å²) in [6.07, 6.45) is 1.69. The van der Waals surface area contributed by atoms with Crippen molar-refractivity contribution in [2.45, 2.75) is 19.8 Å². The van der Waals surface area contributed by atoms with Crippen molar-refractivity contribution < 1.29 is 14.6 Å². The number of hydrogen-bond donors (Lipinski definition) is 1. The zero-order valence-electron chi connectivity index (χ0n) is 13.0. The number of halogens is 1. The third-order valence-corrected chi connectivity index (χ3v) is 4.95. The molecule has 0 unspecified atom stereocenters. The predicted molar refractivity (Wildman–Crippen MR) is 97.4 cm³/mol. The number of carbonyl (C=O) groups is 1. The Labute approximate surface area is 151 Å². The van der Waals surface area contributed by atoms with Crippen molar-refractivity contribution in [2.24, 2.45) is 0 Å². The zero-order chi connectivity index (χ0) is 17.1. The summed E-state index contributed by atoms with van der Waals surface area (Å²) >= 11 is 4.53. The molecule has 2 aromatic heterocycles. The molecule has 0 amide bonds. The van der Waals surface area contributed by atoms with Gasteiger partial charge in [-0.3, -0.25) is 0 Å². The molecule has 0 aliphatic heterocycles. The third-order valence-electron chi connectivity index (χ3n) is 3.52. The van der Waals surface area contributed by atoms with Crippen LogP contribution in [0, 0.1) is 0 Å². The predicted octanol–water partition coefficient (Wildman–Crippen LogP) is 4.78. The fourth-order valence-electron chi connectivity index (χ4n) is 2.27. The highest BCUT2D eigenvalue weighted by molar-refractivity contribution is 9.10. The molecule has 0 saturated heterocycles. The molecule has 0 saturated carbocycles. The van der Waals surface area contributed by atoms with E-state index in [1.165, 1.54) is 0 Å². The van der Waals surface area contributed by atoms with Crippen molar-refractivity contribution in [3.8, 4) is 17.0 Å². The molecule has 7 heteroatoms. The van der Waals surface area contributed by atoms with Crippen LogP contribution in [0.15, 0.2) is 34.9 Å². The second-order valence-electron chi connectivity index (χ2n) is 5.19. The number of pyridine rings is 1. The maximum absolute atomic E-state index is 12.1. The summed E-state index contributed by atoms with van der Waals surface area (Å²) in [5, 5.41) is 11.1. The number of unbranched alkanes of at least 4 members (excludes halogenated alkanes) is 1. The van der Waals surface area contributed by atoms with Gasteiger partial charge in [0, 0.05) is 5.56 Å². The minimum Gasteiger partial charge on any atom is -0.504 e. The Morgan fingerprint density at radius 2 is 2.08 bits per heavy atom. The van der Waals surface area contributed by atoms with E-state index in [0.717, 1.165) is 35.6 Å². The highest BCUT2D eigenvalue weighted by Crippen LogP contribution is 2.41. The first kappa shape index (κ1) is 16.9. The van der Waals surface area contributed by atoms with Gasteiger partial charge in [0.1, 0.15) is 9.30 Å². The van der Waals surface area contributed by atoms with Gasteiger partial charge >= 0.3 is 5.97 Å². The summed E-state index contributed by atoms with van der Waals surface area (Å²) in [4.78, 5) is 16.3. The fourth-order valence-corrected chi connectivity index (χ4v) is 3.81. The number of benzene rings is 1. The van der Waals surface area contributed by atoms with Crippen LogP contribution in [-0.4, -0.2) is 27.0 Å². The third kappa shape index (κ3) is 3.14. The van der Waals surface area contributed by atoms with Crippen molar-refractivity contribution in [1.82, 2.24) is 9.36 Å². The van der Waals surface area contributed by atoms with E-state index in [4.69, 9.17) is 4.74 Å². The van der Waals surface area contributed by atoms with Crippen LogP contribution in [0.1, 0.15) is 30.3 Å². The quantitative estimate of drug-likeness (QED) is 0.374. The highest BCUT2D eigenvalue weighted by Gasteiger charge is 2.23. The van der Waals surface area contributed by atoms with E-state index in [1.54, 1.807) is 0 Å². The van der Waals surface area contributed by atoms with Crippen LogP contribution in [0.5, 0.6) is 5.75 Å². The standard InChI is InChI=1S/C17H15BrN2O3S/c1-2-3-9-23-17(22)13-14(21)15-11(16(18)19-13)12(20-24-15)10-7-5-4-6-8-10/h4-8,21H,2-3,9H2,1H3. The Kier molecular flexibility index (Phi) is 5.11. The largest absolute Gasteiger partial charge is 0.504 e. The van der Waals surface area contributed by atoms with Gasteiger partial charge < -0.3 is 9.84 Å². The van der Waals surface area contributed by atoms with Crippen molar-refractivity contribution >= 4 is 43.5 Å². The first-order valence-electron chi connectivity index (χ1n) is 7.53. The average Bonchev–Trinajstić information content (AvgIpc) is 3.05. The summed E-state index contributed by atoms with van der Waals surface area (Å²) in [6, 6.07) is 9.63. The molecule has 0 bridgehead atoms. The number of esters is 1. The molecule has 3 rings (SSSR count). The Bertz CT molecular complexity index is 880. The average molecular weight is 407 g/mol. The normalized spacial score (nSPS) is 10.9. The Balaban J connectivity index is 2.05. The summed E-state index contributed by atoms with van der Waals surface area (Å²) in [7, 11) is 0. The molecule has 0 aliphatic rings.